The number of ether oxygens (including phenoxy) is 2. The van der Waals surface area contributed by atoms with Crippen molar-refractivity contribution in [3.63, 3.8) is 0 Å². The Hall–Kier alpha value is -0.0800. The summed E-state index contributed by atoms with van der Waals surface area (Å²) in [6.07, 6.45) is 2.64. The van der Waals surface area contributed by atoms with Crippen molar-refractivity contribution in [3.8, 4) is 0 Å². The molecule has 1 saturated heterocycles. The third kappa shape index (κ3) is 2.33. The maximum Gasteiger partial charge on any atom is 0.155 e. The van der Waals surface area contributed by atoms with Crippen LogP contribution in [0.15, 0.2) is 0 Å². The quantitative estimate of drug-likeness (QED) is 0.495. The molecule has 1 rings (SSSR count). The topological polar surface area (TPSA) is 18.5 Å². The van der Waals surface area contributed by atoms with Gasteiger partial charge in [-0.1, -0.05) is 0 Å². The van der Waals surface area contributed by atoms with Gasteiger partial charge in [-0.3, -0.25) is 0 Å². The normalized spacial score (nSPS) is 38.0. The van der Waals surface area contributed by atoms with Gasteiger partial charge in [0.15, 0.2) is 6.29 Å². The van der Waals surface area contributed by atoms with Crippen LogP contribution in [0.2, 0.25) is 0 Å². The SMILES string of the molecule is C[C@@H]1OCCC[C@@H](C)O1. The average molecular weight is 130 g/mol. The summed E-state index contributed by atoms with van der Waals surface area (Å²) in [4.78, 5) is 0. The Labute approximate surface area is 56.2 Å². The number of hydrogen-bond acceptors (Lipinski definition) is 2. The molecule has 0 aliphatic carbocycles. The van der Waals surface area contributed by atoms with Gasteiger partial charge < -0.3 is 9.47 Å². The van der Waals surface area contributed by atoms with Crippen LogP contribution in [0, 0.1) is 0 Å². The first-order valence-electron chi connectivity index (χ1n) is 3.56. The molecule has 0 aromatic rings. The molecule has 1 aliphatic heterocycles. The van der Waals surface area contributed by atoms with Gasteiger partial charge in [-0.25, -0.2) is 0 Å². The van der Waals surface area contributed by atoms with Crippen molar-refractivity contribution in [2.75, 3.05) is 6.61 Å². The molecule has 0 saturated carbocycles. The number of hydrogen-bond donors (Lipinski definition) is 0. The van der Waals surface area contributed by atoms with E-state index in [-0.39, 0.29) is 6.29 Å². The Balaban J connectivity index is 2.29. The summed E-state index contributed by atoms with van der Waals surface area (Å²) in [6.45, 7) is 4.89. The van der Waals surface area contributed by atoms with E-state index in [9.17, 15) is 0 Å². The predicted octanol–water partition coefficient (Wildman–Crippen LogP) is 1.55. The summed E-state index contributed by atoms with van der Waals surface area (Å²) in [6, 6.07) is 0. The molecule has 0 N–H and O–H groups in total. The van der Waals surface area contributed by atoms with Gasteiger partial charge in [-0.15, -0.1) is 0 Å². The van der Waals surface area contributed by atoms with E-state index in [1.165, 1.54) is 0 Å². The van der Waals surface area contributed by atoms with Gasteiger partial charge in [0, 0.05) is 6.61 Å². The van der Waals surface area contributed by atoms with E-state index in [1.807, 2.05) is 6.92 Å². The zero-order valence-electron chi connectivity index (χ0n) is 6.09. The first-order chi connectivity index (χ1) is 4.29. The van der Waals surface area contributed by atoms with E-state index >= 15 is 0 Å². The largest absolute Gasteiger partial charge is 0.353 e. The van der Waals surface area contributed by atoms with Crippen LogP contribution in [-0.2, 0) is 9.47 Å². The van der Waals surface area contributed by atoms with Crippen molar-refractivity contribution in [1.29, 1.82) is 0 Å². The van der Waals surface area contributed by atoms with Gasteiger partial charge >= 0.3 is 0 Å². The lowest BCUT2D eigenvalue weighted by atomic mass is 10.2. The molecule has 2 heteroatoms. The van der Waals surface area contributed by atoms with Crippen LogP contribution < -0.4 is 0 Å². The Kier molecular flexibility index (Phi) is 2.49. The molecule has 54 valence electrons. The van der Waals surface area contributed by atoms with E-state index in [1.54, 1.807) is 0 Å². The molecule has 1 aliphatic rings. The molecule has 1 fully saturated rings. The summed E-state index contributed by atoms with van der Waals surface area (Å²) in [5, 5.41) is 0. The molecular weight excluding hydrogens is 116 g/mol. The maximum atomic E-state index is 5.39. The predicted molar refractivity (Wildman–Crippen MR) is 35.2 cm³/mol. The highest BCUT2D eigenvalue weighted by atomic mass is 16.7. The van der Waals surface area contributed by atoms with E-state index in [0.717, 1.165) is 19.4 Å². The van der Waals surface area contributed by atoms with Crippen molar-refractivity contribution in [2.24, 2.45) is 0 Å². The van der Waals surface area contributed by atoms with Crippen molar-refractivity contribution >= 4 is 0 Å². The summed E-state index contributed by atoms with van der Waals surface area (Å²) in [5.74, 6) is 0. The Morgan fingerprint density at radius 3 is 2.89 bits per heavy atom. The highest BCUT2D eigenvalue weighted by molar-refractivity contribution is 4.54. The molecule has 0 bridgehead atoms. The first kappa shape index (κ1) is 7.03. The fourth-order valence-electron chi connectivity index (χ4n) is 1.05. The van der Waals surface area contributed by atoms with Crippen LogP contribution in [0.4, 0.5) is 0 Å². The van der Waals surface area contributed by atoms with Gasteiger partial charge in [0.1, 0.15) is 0 Å². The summed E-state index contributed by atoms with van der Waals surface area (Å²) in [5.41, 5.74) is 0. The fourth-order valence-corrected chi connectivity index (χ4v) is 1.05. The molecule has 2 nitrogen and oxygen atoms in total. The van der Waals surface area contributed by atoms with Crippen LogP contribution in [0.25, 0.3) is 0 Å². The number of rotatable bonds is 0. The standard InChI is InChI=1S/C7H14O2/c1-6-4-3-5-8-7(2)9-6/h6-7H,3-5H2,1-2H3/t6-,7-/m1/s1. The second kappa shape index (κ2) is 3.18. The Morgan fingerprint density at radius 2 is 2.11 bits per heavy atom. The van der Waals surface area contributed by atoms with Gasteiger partial charge in [0.25, 0.3) is 0 Å². The van der Waals surface area contributed by atoms with Crippen LogP contribution in [-0.4, -0.2) is 19.0 Å². The van der Waals surface area contributed by atoms with E-state index in [4.69, 9.17) is 9.47 Å². The lowest BCUT2D eigenvalue weighted by Crippen LogP contribution is -2.15. The molecular formula is C7H14O2. The smallest absolute Gasteiger partial charge is 0.155 e. The second-order valence-electron chi connectivity index (χ2n) is 2.53. The average Bonchev–Trinajstić information content (AvgIpc) is 1.93. The highest BCUT2D eigenvalue weighted by Crippen LogP contribution is 2.11. The van der Waals surface area contributed by atoms with Crippen molar-refractivity contribution in [1.82, 2.24) is 0 Å². The molecule has 0 spiro atoms. The highest BCUT2D eigenvalue weighted by Gasteiger charge is 2.12. The molecule has 1 heterocycles. The minimum atomic E-state index is 0.00231. The van der Waals surface area contributed by atoms with Crippen LogP contribution in [0.1, 0.15) is 26.7 Å². The molecule has 0 radical (unpaired) electrons. The van der Waals surface area contributed by atoms with E-state index in [0.29, 0.717) is 6.10 Å². The van der Waals surface area contributed by atoms with Gasteiger partial charge in [0.2, 0.25) is 0 Å². The molecule has 9 heavy (non-hydrogen) atoms. The zero-order valence-corrected chi connectivity index (χ0v) is 6.09. The molecule has 0 aromatic heterocycles. The molecule has 0 aromatic carbocycles. The Bertz CT molecular complexity index is 73.0. The minimum Gasteiger partial charge on any atom is -0.353 e. The lowest BCUT2D eigenvalue weighted by molar-refractivity contribution is -0.137. The van der Waals surface area contributed by atoms with E-state index in [2.05, 4.69) is 6.92 Å². The van der Waals surface area contributed by atoms with E-state index < -0.39 is 0 Å². The van der Waals surface area contributed by atoms with Crippen molar-refractivity contribution < 1.29 is 9.47 Å². The zero-order chi connectivity index (χ0) is 6.69. The maximum absolute atomic E-state index is 5.39. The third-order valence-electron chi connectivity index (χ3n) is 1.53. The van der Waals surface area contributed by atoms with Gasteiger partial charge in [-0.2, -0.15) is 0 Å². The Morgan fingerprint density at radius 1 is 1.33 bits per heavy atom. The summed E-state index contributed by atoms with van der Waals surface area (Å²) < 4.78 is 10.6. The minimum absolute atomic E-state index is 0.00231. The fraction of sp³-hybridized carbons (Fsp3) is 1.00. The molecule has 2 atom stereocenters. The monoisotopic (exact) mass is 130 g/mol. The lowest BCUT2D eigenvalue weighted by Gasteiger charge is -2.12. The molecule has 0 unspecified atom stereocenters. The van der Waals surface area contributed by atoms with Crippen LogP contribution in [0.3, 0.4) is 0 Å². The van der Waals surface area contributed by atoms with Crippen molar-refractivity contribution in [2.45, 2.75) is 39.1 Å². The summed E-state index contributed by atoms with van der Waals surface area (Å²) in [7, 11) is 0. The summed E-state index contributed by atoms with van der Waals surface area (Å²) >= 11 is 0. The van der Waals surface area contributed by atoms with Gasteiger partial charge in [-0.05, 0) is 26.7 Å². The third-order valence-corrected chi connectivity index (χ3v) is 1.53. The van der Waals surface area contributed by atoms with Crippen molar-refractivity contribution in [3.05, 3.63) is 0 Å². The second-order valence-corrected chi connectivity index (χ2v) is 2.53. The van der Waals surface area contributed by atoms with Crippen LogP contribution in [0.5, 0.6) is 0 Å². The first-order valence-corrected chi connectivity index (χ1v) is 3.56. The molecule has 0 amide bonds. The van der Waals surface area contributed by atoms with Crippen LogP contribution >= 0.6 is 0 Å². The van der Waals surface area contributed by atoms with Gasteiger partial charge in [0.05, 0.1) is 6.10 Å².